The maximum atomic E-state index is 11.8. The molecule has 4 amide bonds. The van der Waals surface area contributed by atoms with Crippen LogP contribution in [-0.4, -0.2) is 40.1 Å². The summed E-state index contributed by atoms with van der Waals surface area (Å²) in [5, 5.41) is 14.3. The fourth-order valence-corrected chi connectivity index (χ4v) is 7.04. The highest BCUT2D eigenvalue weighted by molar-refractivity contribution is 7.12. The standard InChI is InChI=1S/C18H25N3O3S2.C12H16N4OS2.2ClH/c1-12-21-13(11-25-12)5-6-14-7-8-15(26-14)9-19-17(23)20-10-16(22)24-18(2,3)4;1-8-15-9(7-18-8)2-3-10-4-5-11(19-10)6-14-12(17)16-13;;/h7-8,11H,5-6,9-10H2,1-4H3,(H2,19,20,23);4-5,7H,2-3,6,13H2,1H3,(H2,14,16,17);2*1H. The molecular formula is C30H43Cl2N7O4S4. The first kappa shape index (κ1) is 42.2. The van der Waals surface area contributed by atoms with Crippen LogP contribution in [0.1, 0.15) is 61.7 Å². The molecule has 0 atom stereocenters. The van der Waals surface area contributed by atoms with E-state index in [1.807, 2.05) is 31.4 Å². The van der Waals surface area contributed by atoms with Crippen molar-refractivity contribution in [3.63, 3.8) is 0 Å². The second-order valence-corrected chi connectivity index (χ2v) is 15.5. The van der Waals surface area contributed by atoms with Gasteiger partial charge in [-0.25, -0.2) is 25.4 Å². The van der Waals surface area contributed by atoms with Gasteiger partial charge < -0.3 is 20.7 Å². The van der Waals surface area contributed by atoms with E-state index < -0.39 is 11.6 Å². The zero-order chi connectivity index (χ0) is 32.8. The number of thiazole rings is 2. The predicted molar refractivity (Wildman–Crippen MR) is 197 cm³/mol. The van der Waals surface area contributed by atoms with Crippen LogP contribution in [0.3, 0.4) is 0 Å². The molecule has 4 heterocycles. The lowest BCUT2D eigenvalue weighted by Crippen LogP contribution is -2.40. The van der Waals surface area contributed by atoms with Crippen molar-refractivity contribution in [3.8, 4) is 0 Å². The lowest BCUT2D eigenvalue weighted by Gasteiger charge is -2.19. The molecule has 0 spiro atoms. The average Bonchev–Trinajstić information content (AvgIpc) is 3.80. The van der Waals surface area contributed by atoms with Gasteiger partial charge in [0, 0.05) is 30.3 Å². The Hall–Kier alpha value is -2.79. The zero-order valence-corrected chi connectivity index (χ0v) is 31.9. The molecule has 0 aromatic carbocycles. The number of aromatic nitrogens is 2. The first-order valence-corrected chi connectivity index (χ1v) is 17.7. The maximum absolute atomic E-state index is 11.8. The largest absolute Gasteiger partial charge is 0.459 e. The molecule has 4 aromatic heterocycles. The van der Waals surface area contributed by atoms with Gasteiger partial charge in [-0.1, -0.05) is 0 Å². The highest BCUT2D eigenvalue weighted by Gasteiger charge is 2.16. The molecule has 4 rings (SSSR count). The van der Waals surface area contributed by atoms with Gasteiger partial charge in [-0.15, -0.1) is 70.2 Å². The Morgan fingerprint density at radius 3 is 1.57 bits per heavy atom. The van der Waals surface area contributed by atoms with Crippen LogP contribution in [0.4, 0.5) is 9.59 Å². The summed E-state index contributed by atoms with van der Waals surface area (Å²) in [5.74, 6) is 4.54. The Morgan fingerprint density at radius 2 is 1.17 bits per heavy atom. The number of urea groups is 2. The van der Waals surface area contributed by atoms with E-state index in [-0.39, 0.29) is 43.4 Å². The quantitative estimate of drug-likeness (QED) is 0.0493. The number of esters is 1. The molecule has 4 aromatic rings. The van der Waals surface area contributed by atoms with Gasteiger partial charge in [-0.2, -0.15) is 0 Å². The molecule has 0 unspecified atom stereocenters. The molecule has 0 aliphatic heterocycles. The van der Waals surface area contributed by atoms with Crippen molar-refractivity contribution < 1.29 is 19.1 Å². The molecule has 6 N–H and O–H groups in total. The van der Waals surface area contributed by atoms with Crippen molar-refractivity contribution in [2.45, 2.75) is 79.0 Å². The van der Waals surface area contributed by atoms with Crippen LogP contribution >= 0.6 is 70.2 Å². The first-order chi connectivity index (χ1) is 21.4. The smallest absolute Gasteiger partial charge is 0.329 e. The summed E-state index contributed by atoms with van der Waals surface area (Å²) in [6.07, 6.45) is 3.81. The van der Waals surface area contributed by atoms with E-state index in [2.05, 4.69) is 48.8 Å². The van der Waals surface area contributed by atoms with E-state index in [0.29, 0.717) is 13.1 Å². The van der Waals surface area contributed by atoms with E-state index in [4.69, 9.17) is 10.6 Å². The highest BCUT2D eigenvalue weighted by atomic mass is 35.5. The van der Waals surface area contributed by atoms with Gasteiger partial charge in [0.15, 0.2) is 0 Å². The zero-order valence-electron chi connectivity index (χ0n) is 27.0. The molecular weight excluding hydrogens is 722 g/mol. The van der Waals surface area contributed by atoms with Crippen LogP contribution in [0, 0.1) is 13.8 Å². The minimum atomic E-state index is -0.556. The minimum Gasteiger partial charge on any atom is -0.459 e. The number of hydrazine groups is 1. The van der Waals surface area contributed by atoms with Gasteiger partial charge in [-0.3, -0.25) is 10.2 Å². The molecule has 0 fully saturated rings. The molecule has 11 nitrogen and oxygen atoms in total. The third-order valence-corrected chi connectivity index (χ3v) is 9.75. The molecule has 0 aliphatic carbocycles. The second kappa shape index (κ2) is 21.2. The topological polar surface area (TPSA) is 160 Å². The maximum Gasteiger partial charge on any atom is 0.329 e. The number of carbonyl (C=O) groups is 3. The van der Waals surface area contributed by atoms with Crippen LogP contribution in [-0.2, 0) is 48.3 Å². The number of nitrogens with one attached hydrogen (secondary N) is 4. The number of halogens is 2. The van der Waals surface area contributed by atoms with E-state index >= 15 is 0 Å². The summed E-state index contributed by atoms with van der Waals surface area (Å²) in [6, 6.07) is 7.47. The summed E-state index contributed by atoms with van der Waals surface area (Å²) < 4.78 is 5.14. The molecule has 0 radical (unpaired) electrons. The SMILES string of the molecule is Cc1nc(CCc2ccc(CNC(=O)NCC(=O)OC(C)(C)C)s2)cs1.Cc1nc(CCc2ccc(CNC(=O)NN)s2)cs1.Cl.Cl. The van der Waals surface area contributed by atoms with E-state index in [9.17, 15) is 14.4 Å². The van der Waals surface area contributed by atoms with Crippen LogP contribution < -0.4 is 27.2 Å². The predicted octanol–water partition coefficient (Wildman–Crippen LogP) is 6.25. The van der Waals surface area contributed by atoms with Gasteiger partial charge >= 0.3 is 18.0 Å². The van der Waals surface area contributed by atoms with Crippen LogP contribution in [0.2, 0.25) is 0 Å². The van der Waals surface area contributed by atoms with Gasteiger partial charge in [0.1, 0.15) is 12.1 Å². The number of hydrogen-bond acceptors (Lipinski definition) is 11. The van der Waals surface area contributed by atoms with Gasteiger partial charge in [0.05, 0.1) is 34.5 Å². The van der Waals surface area contributed by atoms with Crippen molar-refractivity contribution >= 4 is 88.2 Å². The summed E-state index contributed by atoms with van der Waals surface area (Å²) >= 11 is 6.73. The number of hydrogen-bond donors (Lipinski definition) is 5. The minimum absolute atomic E-state index is 0. The van der Waals surface area contributed by atoms with Gasteiger partial charge in [-0.05, 0) is 84.6 Å². The number of thiophene rings is 2. The number of nitrogens with zero attached hydrogens (tertiary/aromatic N) is 2. The monoisotopic (exact) mass is 763 g/mol. The summed E-state index contributed by atoms with van der Waals surface area (Å²) in [5.41, 5.74) is 3.76. The fourth-order valence-electron chi connectivity index (χ4n) is 3.83. The molecule has 0 aliphatic rings. The molecule has 47 heavy (non-hydrogen) atoms. The summed E-state index contributed by atoms with van der Waals surface area (Å²) in [6.45, 7) is 10.2. The van der Waals surface area contributed by atoms with E-state index in [1.165, 1.54) is 9.75 Å². The van der Waals surface area contributed by atoms with Gasteiger partial charge in [0.25, 0.3) is 0 Å². The van der Waals surface area contributed by atoms with Crippen molar-refractivity contribution in [1.82, 2.24) is 31.3 Å². The van der Waals surface area contributed by atoms with E-state index in [1.54, 1.807) is 66.1 Å². The van der Waals surface area contributed by atoms with Crippen LogP contribution in [0.25, 0.3) is 0 Å². The Kier molecular flexibility index (Phi) is 19.1. The molecule has 0 saturated carbocycles. The number of rotatable bonds is 12. The third kappa shape index (κ3) is 17.3. The number of aryl methyl sites for hydroxylation is 6. The highest BCUT2D eigenvalue weighted by Crippen LogP contribution is 2.20. The Morgan fingerprint density at radius 1 is 0.723 bits per heavy atom. The third-order valence-electron chi connectivity index (χ3n) is 5.81. The Bertz CT molecular complexity index is 1530. The Labute approximate surface area is 304 Å². The summed E-state index contributed by atoms with van der Waals surface area (Å²) in [4.78, 5) is 48.0. The average molecular weight is 765 g/mol. The number of carbonyl (C=O) groups excluding carboxylic acids is 3. The summed E-state index contributed by atoms with van der Waals surface area (Å²) in [7, 11) is 0. The molecule has 0 bridgehead atoms. The molecule has 17 heteroatoms. The Balaban J connectivity index is 0.000000470. The fraction of sp³-hybridized carbons (Fsp3) is 0.433. The van der Waals surface area contributed by atoms with Crippen molar-refractivity contribution in [2.75, 3.05) is 6.54 Å². The first-order valence-electron chi connectivity index (χ1n) is 14.3. The van der Waals surface area contributed by atoms with Crippen molar-refractivity contribution in [2.24, 2.45) is 5.84 Å². The molecule has 260 valence electrons. The second-order valence-electron chi connectivity index (χ2n) is 10.9. The molecule has 0 saturated heterocycles. The lowest BCUT2D eigenvalue weighted by molar-refractivity contribution is -0.153. The van der Waals surface area contributed by atoms with Crippen molar-refractivity contribution in [3.05, 3.63) is 75.9 Å². The van der Waals surface area contributed by atoms with E-state index in [0.717, 1.165) is 56.8 Å². The number of ether oxygens (including phenoxy) is 1. The van der Waals surface area contributed by atoms with Crippen LogP contribution in [0.5, 0.6) is 0 Å². The van der Waals surface area contributed by atoms with Crippen molar-refractivity contribution in [1.29, 1.82) is 0 Å². The number of nitrogens with two attached hydrogens (primary N) is 1. The van der Waals surface area contributed by atoms with Gasteiger partial charge in [0.2, 0.25) is 0 Å². The van der Waals surface area contributed by atoms with Crippen LogP contribution in [0.15, 0.2) is 35.0 Å². The number of amides is 4. The lowest BCUT2D eigenvalue weighted by atomic mass is 10.2. The normalized spacial score (nSPS) is 10.4.